The molecule has 5 rings (SSSR count). The van der Waals surface area contributed by atoms with Gasteiger partial charge in [0.1, 0.15) is 11.4 Å². The molecule has 0 saturated carbocycles. The number of ether oxygens (including phenoxy) is 3. The van der Waals surface area contributed by atoms with E-state index in [2.05, 4.69) is 5.32 Å². The van der Waals surface area contributed by atoms with E-state index in [1.807, 2.05) is 31.2 Å². The average molecular weight is 545 g/mol. The van der Waals surface area contributed by atoms with E-state index in [1.165, 1.54) is 14.2 Å². The van der Waals surface area contributed by atoms with Gasteiger partial charge in [-0.1, -0.05) is 29.3 Å². The van der Waals surface area contributed by atoms with Crippen molar-refractivity contribution in [2.24, 2.45) is 0 Å². The van der Waals surface area contributed by atoms with Crippen LogP contribution in [0.5, 0.6) is 5.75 Å². The second-order valence-electron chi connectivity index (χ2n) is 9.02. The number of methoxy groups -OCH3 is 3. The maximum Gasteiger partial charge on any atom is 0.355 e. The summed E-state index contributed by atoms with van der Waals surface area (Å²) in [5, 5.41) is 3.30. The number of esters is 2. The molecule has 0 bridgehead atoms. The number of nitrogens with one attached hydrogen (secondary N) is 1. The molecule has 9 heteroatoms. The lowest BCUT2D eigenvalue weighted by Gasteiger charge is -2.17. The van der Waals surface area contributed by atoms with Gasteiger partial charge in [0, 0.05) is 22.0 Å². The fraction of sp³-hybridized carbons (Fsp3) is 0.167. The number of aryl methyl sites for hydroxylation is 1. The molecular weight excluding hydrogens is 520 g/mol. The number of rotatable bonds is 6. The van der Waals surface area contributed by atoms with Gasteiger partial charge in [-0.25, -0.2) is 9.59 Å². The highest BCUT2D eigenvalue weighted by Gasteiger charge is 2.43. The van der Waals surface area contributed by atoms with Gasteiger partial charge in [0.25, 0.3) is 0 Å². The van der Waals surface area contributed by atoms with Crippen LogP contribution in [0.3, 0.4) is 0 Å². The lowest BCUT2D eigenvalue weighted by Crippen LogP contribution is -2.18. The number of aromatic nitrogens is 1. The summed E-state index contributed by atoms with van der Waals surface area (Å²) in [4.78, 5) is 40.5. The number of hydrogen-bond acceptors (Lipinski definition) is 6. The molecule has 0 spiro atoms. The minimum absolute atomic E-state index is 0.0581. The quantitative estimate of drug-likeness (QED) is 0.309. The van der Waals surface area contributed by atoms with Crippen molar-refractivity contribution in [2.45, 2.75) is 12.8 Å². The van der Waals surface area contributed by atoms with E-state index in [4.69, 9.17) is 25.8 Å². The Balaban J connectivity index is 1.97. The number of anilines is 1. The SMILES string of the molecule is COC(=O)c1c(C2C(=O)Nc3ccc(Cl)cc32)c(-c2ccc(OC)cc2)n(-c2ccc(C)cc2)c1C(=O)OC. The highest BCUT2D eigenvalue weighted by molar-refractivity contribution is 6.31. The van der Waals surface area contributed by atoms with E-state index in [-0.39, 0.29) is 17.2 Å². The fourth-order valence-corrected chi connectivity index (χ4v) is 5.15. The normalized spacial score (nSPS) is 14.0. The van der Waals surface area contributed by atoms with E-state index in [0.717, 1.165) is 5.56 Å². The maximum absolute atomic E-state index is 13.6. The number of nitrogens with zero attached hydrogens (tertiary/aromatic N) is 1. The van der Waals surface area contributed by atoms with Gasteiger partial charge < -0.3 is 24.1 Å². The first-order chi connectivity index (χ1) is 18.8. The molecule has 2 heterocycles. The summed E-state index contributed by atoms with van der Waals surface area (Å²) < 4.78 is 17.3. The Hall–Kier alpha value is -4.56. The van der Waals surface area contributed by atoms with Crippen LogP contribution in [0.2, 0.25) is 5.02 Å². The van der Waals surface area contributed by atoms with Gasteiger partial charge in [-0.2, -0.15) is 0 Å². The van der Waals surface area contributed by atoms with Crippen molar-refractivity contribution < 1.29 is 28.6 Å². The Morgan fingerprint density at radius 1 is 0.897 bits per heavy atom. The van der Waals surface area contributed by atoms with Crippen LogP contribution in [0.15, 0.2) is 66.7 Å². The van der Waals surface area contributed by atoms with Gasteiger partial charge in [-0.3, -0.25) is 4.79 Å². The van der Waals surface area contributed by atoms with Gasteiger partial charge in [0.05, 0.1) is 38.5 Å². The molecule has 1 aromatic heterocycles. The van der Waals surface area contributed by atoms with Crippen LogP contribution < -0.4 is 10.1 Å². The Morgan fingerprint density at radius 2 is 1.56 bits per heavy atom. The van der Waals surface area contributed by atoms with Crippen LogP contribution in [-0.2, 0) is 14.3 Å². The van der Waals surface area contributed by atoms with E-state index in [1.54, 1.807) is 54.1 Å². The van der Waals surface area contributed by atoms with Gasteiger partial charge in [-0.05, 0) is 72.6 Å². The van der Waals surface area contributed by atoms with Crippen LogP contribution in [0.4, 0.5) is 5.69 Å². The van der Waals surface area contributed by atoms with E-state index in [9.17, 15) is 14.4 Å². The van der Waals surface area contributed by atoms with Crippen molar-refractivity contribution >= 4 is 35.1 Å². The summed E-state index contributed by atoms with van der Waals surface area (Å²) >= 11 is 6.34. The third-order valence-electron chi connectivity index (χ3n) is 6.77. The first kappa shape index (κ1) is 26.1. The lowest BCUT2D eigenvalue weighted by molar-refractivity contribution is -0.116. The predicted molar refractivity (Wildman–Crippen MR) is 147 cm³/mol. The molecule has 0 saturated heterocycles. The summed E-state index contributed by atoms with van der Waals surface area (Å²) in [5.74, 6) is -2.27. The topological polar surface area (TPSA) is 95.9 Å². The van der Waals surface area contributed by atoms with E-state index >= 15 is 0 Å². The van der Waals surface area contributed by atoms with E-state index < -0.39 is 17.9 Å². The first-order valence-electron chi connectivity index (χ1n) is 12.1. The Kier molecular flexibility index (Phi) is 6.89. The first-order valence-corrected chi connectivity index (χ1v) is 12.4. The van der Waals surface area contributed by atoms with Crippen molar-refractivity contribution in [2.75, 3.05) is 26.6 Å². The van der Waals surface area contributed by atoms with Crippen LogP contribution in [0.1, 0.15) is 43.5 Å². The summed E-state index contributed by atoms with van der Waals surface area (Å²) in [7, 11) is 4.02. The van der Waals surface area contributed by atoms with Gasteiger partial charge in [0.2, 0.25) is 5.91 Å². The molecule has 4 aromatic rings. The van der Waals surface area contributed by atoms with Crippen LogP contribution in [-0.4, -0.2) is 43.7 Å². The van der Waals surface area contributed by atoms with Crippen molar-refractivity contribution in [3.05, 3.63) is 99.7 Å². The van der Waals surface area contributed by atoms with Crippen LogP contribution in [0.25, 0.3) is 16.9 Å². The van der Waals surface area contributed by atoms with Crippen molar-refractivity contribution in [1.29, 1.82) is 0 Å². The molecule has 1 aliphatic heterocycles. The van der Waals surface area contributed by atoms with Crippen molar-refractivity contribution in [3.63, 3.8) is 0 Å². The monoisotopic (exact) mass is 544 g/mol. The van der Waals surface area contributed by atoms with Crippen LogP contribution in [0, 0.1) is 6.92 Å². The fourth-order valence-electron chi connectivity index (χ4n) is 4.97. The van der Waals surface area contributed by atoms with Gasteiger partial charge in [0.15, 0.2) is 0 Å². The van der Waals surface area contributed by atoms with Gasteiger partial charge in [-0.15, -0.1) is 0 Å². The summed E-state index contributed by atoms with van der Waals surface area (Å²) in [6.45, 7) is 1.94. The second kappa shape index (κ2) is 10.3. The number of hydrogen-bond donors (Lipinski definition) is 1. The Bertz CT molecular complexity index is 1610. The zero-order valence-corrected chi connectivity index (χ0v) is 22.5. The smallest absolute Gasteiger partial charge is 0.355 e. The molecule has 0 radical (unpaired) electrons. The highest BCUT2D eigenvalue weighted by atomic mass is 35.5. The minimum Gasteiger partial charge on any atom is -0.497 e. The lowest BCUT2D eigenvalue weighted by atomic mass is 9.87. The zero-order chi connectivity index (χ0) is 27.8. The molecule has 1 amide bonds. The Labute approximate surface area is 230 Å². The third-order valence-corrected chi connectivity index (χ3v) is 7.00. The molecule has 39 heavy (non-hydrogen) atoms. The summed E-state index contributed by atoms with van der Waals surface area (Å²) in [5.41, 5.74) is 3.99. The number of amides is 1. The number of benzene rings is 3. The molecule has 1 N–H and O–H groups in total. The predicted octanol–water partition coefficient (Wildman–Crippen LogP) is 5.77. The molecule has 8 nitrogen and oxygen atoms in total. The standard InChI is InChI=1S/C30H25ClN2O6/c1-16-5-10-19(11-6-16)33-26(17-7-12-20(37-2)13-8-17)24(25(29(35)38-3)27(33)30(36)39-4)23-21-15-18(31)9-14-22(21)32-28(23)34/h5-15,23H,1-4H3,(H,32,34). The maximum atomic E-state index is 13.6. The number of carbonyl (C=O) groups excluding carboxylic acids is 3. The number of fused-ring (bicyclic) bond motifs is 1. The molecular formula is C30H25ClN2O6. The summed E-state index contributed by atoms with van der Waals surface area (Å²) in [6.07, 6.45) is 0. The average Bonchev–Trinajstić information content (AvgIpc) is 3.46. The molecule has 3 aromatic carbocycles. The van der Waals surface area contributed by atoms with Crippen LogP contribution >= 0.6 is 11.6 Å². The molecule has 1 unspecified atom stereocenters. The van der Waals surface area contributed by atoms with Gasteiger partial charge >= 0.3 is 11.9 Å². The molecule has 0 fully saturated rings. The zero-order valence-electron chi connectivity index (χ0n) is 21.7. The second-order valence-corrected chi connectivity index (χ2v) is 9.46. The van der Waals surface area contributed by atoms with Crippen molar-refractivity contribution in [3.8, 4) is 22.7 Å². The summed E-state index contributed by atoms with van der Waals surface area (Å²) in [6, 6.07) is 19.6. The molecule has 198 valence electrons. The third kappa shape index (κ3) is 4.42. The van der Waals surface area contributed by atoms with Crippen molar-refractivity contribution in [1.82, 2.24) is 4.57 Å². The largest absolute Gasteiger partial charge is 0.497 e. The minimum atomic E-state index is -0.972. The number of halogens is 1. The molecule has 0 aliphatic carbocycles. The van der Waals surface area contributed by atoms with E-state index in [0.29, 0.717) is 44.5 Å². The molecule has 1 atom stereocenters. The highest BCUT2D eigenvalue weighted by Crippen LogP contribution is 2.47. The Morgan fingerprint density at radius 3 is 2.18 bits per heavy atom. The molecule has 1 aliphatic rings. The number of carbonyl (C=O) groups is 3.